The first-order valence-electron chi connectivity index (χ1n) is 21.4. The highest BCUT2D eigenvalue weighted by Crippen LogP contribution is 2.29. The zero-order valence-corrected chi connectivity index (χ0v) is 32.8. The molecule has 48 heavy (non-hydrogen) atoms. The Morgan fingerprint density at radius 3 is 1.40 bits per heavy atom. The number of esters is 1. The molecule has 0 heterocycles. The Labute approximate surface area is 299 Å². The van der Waals surface area contributed by atoms with Gasteiger partial charge in [0.15, 0.2) is 0 Å². The monoisotopic (exact) mass is 681 g/mol. The van der Waals surface area contributed by atoms with Crippen molar-refractivity contribution in [1.82, 2.24) is 0 Å². The van der Waals surface area contributed by atoms with Gasteiger partial charge in [-0.2, -0.15) is 0 Å². The van der Waals surface area contributed by atoms with E-state index in [9.17, 15) is 14.7 Å². The van der Waals surface area contributed by atoms with Crippen molar-refractivity contribution in [2.24, 2.45) is 17.8 Å². The molecule has 0 aliphatic rings. The van der Waals surface area contributed by atoms with Crippen LogP contribution >= 0.6 is 0 Å². The van der Waals surface area contributed by atoms with E-state index in [0.717, 1.165) is 89.9 Å². The maximum Gasteiger partial charge on any atom is 0.308 e. The van der Waals surface area contributed by atoms with Crippen LogP contribution in [0.15, 0.2) is 0 Å². The van der Waals surface area contributed by atoms with Crippen LogP contribution in [0.2, 0.25) is 0 Å². The third-order valence-corrected chi connectivity index (χ3v) is 10.5. The highest BCUT2D eigenvalue weighted by atomic mass is 16.5. The lowest BCUT2D eigenvalue weighted by Crippen LogP contribution is -2.24. The summed E-state index contributed by atoms with van der Waals surface area (Å²) in [6.07, 6.45) is 35.8. The summed E-state index contributed by atoms with van der Waals surface area (Å²) >= 11 is 0. The Hall–Kier alpha value is -1.10. The Morgan fingerprint density at radius 2 is 0.875 bits per heavy atom. The average Bonchev–Trinajstić information content (AvgIpc) is 3.07. The normalized spacial score (nSPS) is 14.1. The van der Waals surface area contributed by atoms with Gasteiger partial charge in [-0.15, -0.1) is 0 Å². The van der Waals surface area contributed by atoms with Crippen molar-refractivity contribution in [3.05, 3.63) is 0 Å². The summed E-state index contributed by atoms with van der Waals surface area (Å²) in [5.41, 5.74) is 0. The van der Waals surface area contributed by atoms with Gasteiger partial charge in [0.25, 0.3) is 0 Å². The number of carbonyl (C=O) groups is 2. The summed E-state index contributed by atoms with van der Waals surface area (Å²) in [7, 11) is 0. The zero-order chi connectivity index (χ0) is 35.5. The molecule has 4 unspecified atom stereocenters. The molecule has 286 valence electrons. The topological polar surface area (TPSA) is 83.8 Å². The molecule has 0 aromatic heterocycles. The summed E-state index contributed by atoms with van der Waals surface area (Å²) in [4.78, 5) is 24.2. The van der Waals surface area contributed by atoms with Crippen molar-refractivity contribution in [1.29, 1.82) is 0 Å². The molecule has 0 saturated carbocycles. The highest BCUT2D eigenvalue weighted by molar-refractivity contribution is 5.72. The molecule has 0 aliphatic carbocycles. The minimum Gasteiger partial charge on any atom is -0.481 e. The minimum atomic E-state index is -0.698. The van der Waals surface area contributed by atoms with E-state index < -0.39 is 5.97 Å². The zero-order valence-electron chi connectivity index (χ0n) is 32.8. The van der Waals surface area contributed by atoms with Gasteiger partial charge in [0.1, 0.15) is 0 Å². The second kappa shape index (κ2) is 35.7. The lowest BCUT2D eigenvalue weighted by atomic mass is 9.84. The fourth-order valence-electron chi connectivity index (χ4n) is 7.26. The molecule has 0 saturated heterocycles. The summed E-state index contributed by atoms with van der Waals surface area (Å²) in [5.74, 6) is 0.591. The largest absolute Gasteiger partial charge is 0.481 e. The number of carbonyl (C=O) groups excluding carboxylic acids is 1. The number of aliphatic carboxylic acids is 1. The van der Waals surface area contributed by atoms with Gasteiger partial charge in [-0.25, -0.2) is 0 Å². The minimum absolute atomic E-state index is 0.0453. The lowest BCUT2D eigenvalue weighted by molar-refractivity contribution is -0.151. The van der Waals surface area contributed by atoms with Crippen molar-refractivity contribution < 1.29 is 24.5 Å². The number of rotatable bonds is 38. The Kier molecular flexibility index (Phi) is 34.9. The Morgan fingerprint density at radius 1 is 0.479 bits per heavy atom. The van der Waals surface area contributed by atoms with E-state index in [1.165, 1.54) is 109 Å². The maximum absolute atomic E-state index is 13.7. The molecule has 5 heteroatoms. The summed E-state index contributed by atoms with van der Waals surface area (Å²) in [6, 6.07) is 0. The second-order valence-electron chi connectivity index (χ2n) is 15.3. The molecule has 0 bridgehead atoms. The van der Waals surface area contributed by atoms with Crippen LogP contribution in [-0.2, 0) is 14.3 Å². The second-order valence-corrected chi connectivity index (χ2v) is 15.3. The van der Waals surface area contributed by atoms with Crippen molar-refractivity contribution in [2.75, 3.05) is 6.61 Å². The van der Waals surface area contributed by atoms with Gasteiger partial charge in [0.05, 0.1) is 18.6 Å². The van der Waals surface area contributed by atoms with Gasteiger partial charge in [-0.1, -0.05) is 182 Å². The SMILES string of the molecule is CCCCCCC(CCCC)COC(=O)C(CCCCCCCC(O)CCCCCCCCC(=O)O)CC(CCCC)CCCCCC. The Bertz CT molecular complexity index is 695. The van der Waals surface area contributed by atoms with Crippen LogP contribution in [0.5, 0.6) is 0 Å². The average molecular weight is 681 g/mol. The molecule has 0 spiro atoms. The van der Waals surface area contributed by atoms with Crippen molar-refractivity contribution in [3.63, 3.8) is 0 Å². The third kappa shape index (κ3) is 30.9. The van der Waals surface area contributed by atoms with Crippen LogP contribution in [0, 0.1) is 17.8 Å². The molecule has 0 aromatic rings. The summed E-state index contributed by atoms with van der Waals surface area (Å²) in [5, 5.41) is 19.1. The van der Waals surface area contributed by atoms with E-state index in [1.807, 2.05) is 0 Å². The van der Waals surface area contributed by atoms with E-state index in [1.54, 1.807) is 0 Å². The summed E-state index contributed by atoms with van der Waals surface area (Å²) < 4.78 is 6.18. The number of ether oxygens (including phenoxy) is 1. The van der Waals surface area contributed by atoms with Gasteiger partial charge >= 0.3 is 11.9 Å². The van der Waals surface area contributed by atoms with E-state index >= 15 is 0 Å². The maximum atomic E-state index is 13.7. The number of hydrogen-bond acceptors (Lipinski definition) is 4. The van der Waals surface area contributed by atoms with Crippen molar-refractivity contribution >= 4 is 11.9 Å². The molecule has 0 aromatic carbocycles. The van der Waals surface area contributed by atoms with Crippen LogP contribution in [-0.4, -0.2) is 34.9 Å². The number of unbranched alkanes of at least 4 members (excludes halogenated alkanes) is 17. The molecule has 0 amide bonds. The summed E-state index contributed by atoms with van der Waals surface area (Å²) in [6.45, 7) is 9.70. The Balaban J connectivity index is 4.72. The molecule has 2 N–H and O–H groups in total. The number of aliphatic hydroxyl groups is 1. The van der Waals surface area contributed by atoms with Crippen molar-refractivity contribution in [3.8, 4) is 0 Å². The standard InChI is InChI=1S/C43H84O5/c1-5-9-13-22-30-38(28-11-7-3)36-40(43(47)48-37-39(29-12-8-4)31-23-14-10-6-2)32-24-18-17-20-26-34-41(44)33-25-19-15-16-21-27-35-42(45)46/h38-41,44H,5-37H2,1-4H3,(H,45,46). The van der Waals surface area contributed by atoms with Gasteiger partial charge < -0.3 is 14.9 Å². The number of hydrogen-bond donors (Lipinski definition) is 2. The predicted molar refractivity (Wildman–Crippen MR) is 206 cm³/mol. The van der Waals surface area contributed by atoms with Crippen LogP contribution in [0.4, 0.5) is 0 Å². The quantitative estimate of drug-likeness (QED) is 0.0501. The van der Waals surface area contributed by atoms with Crippen LogP contribution in [0.25, 0.3) is 0 Å². The van der Waals surface area contributed by atoms with E-state index in [2.05, 4.69) is 27.7 Å². The molecular formula is C43H84O5. The molecule has 0 rings (SSSR count). The molecule has 0 aliphatic heterocycles. The predicted octanol–water partition coefficient (Wildman–Crippen LogP) is 13.4. The van der Waals surface area contributed by atoms with Crippen LogP contribution in [0.3, 0.4) is 0 Å². The number of aliphatic hydroxyl groups excluding tert-OH is 1. The fourth-order valence-corrected chi connectivity index (χ4v) is 7.26. The molecule has 0 radical (unpaired) electrons. The van der Waals surface area contributed by atoms with Crippen LogP contribution < -0.4 is 0 Å². The van der Waals surface area contributed by atoms with Gasteiger partial charge in [-0.3, -0.25) is 9.59 Å². The fraction of sp³-hybridized carbons (Fsp3) is 0.953. The first kappa shape index (κ1) is 46.9. The molecule has 0 fully saturated rings. The molecular weight excluding hydrogens is 596 g/mol. The van der Waals surface area contributed by atoms with E-state index in [4.69, 9.17) is 9.84 Å². The third-order valence-electron chi connectivity index (χ3n) is 10.5. The molecule has 4 atom stereocenters. The first-order valence-corrected chi connectivity index (χ1v) is 21.4. The molecule has 5 nitrogen and oxygen atoms in total. The van der Waals surface area contributed by atoms with Crippen LogP contribution in [0.1, 0.15) is 233 Å². The van der Waals surface area contributed by atoms with Gasteiger partial charge in [0.2, 0.25) is 0 Å². The van der Waals surface area contributed by atoms with Gasteiger partial charge in [-0.05, 0) is 56.8 Å². The lowest BCUT2D eigenvalue weighted by Gasteiger charge is -2.24. The van der Waals surface area contributed by atoms with E-state index in [-0.39, 0.29) is 24.4 Å². The van der Waals surface area contributed by atoms with Crippen molar-refractivity contribution in [2.45, 2.75) is 239 Å². The number of carboxylic acids is 1. The number of carboxylic acid groups (broad SMARTS) is 1. The van der Waals surface area contributed by atoms with Gasteiger partial charge in [0, 0.05) is 6.42 Å². The van der Waals surface area contributed by atoms with E-state index in [0.29, 0.717) is 18.4 Å². The smallest absolute Gasteiger partial charge is 0.308 e. The highest BCUT2D eigenvalue weighted by Gasteiger charge is 2.25. The first-order chi connectivity index (χ1) is 23.4.